The fraction of sp³-hybridized carbons (Fsp3) is 0.500. The molecule has 1 aromatic carbocycles. The summed E-state index contributed by atoms with van der Waals surface area (Å²) in [4.78, 5) is 5.50. The molecule has 0 bridgehead atoms. The minimum Gasteiger partial charge on any atom is -0.356 e. The van der Waals surface area contributed by atoms with E-state index >= 15 is 0 Å². The Bertz CT molecular complexity index is 351. The number of thioether (sulfide) groups is 1. The summed E-state index contributed by atoms with van der Waals surface area (Å²) < 4.78 is 0. The van der Waals surface area contributed by atoms with Crippen LogP contribution in [0.15, 0.2) is 40.2 Å². The van der Waals surface area contributed by atoms with Crippen LogP contribution in [-0.2, 0) is 0 Å². The van der Waals surface area contributed by atoms with Crippen LogP contribution in [0.25, 0.3) is 0 Å². The zero-order valence-corrected chi connectivity index (χ0v) is 12.3. The van der Waals surface area contributed by atoms with Crippen molar-refractivity contribution < 1.29 is 0 Å². The van der Waals surface area contributed by atoms with Gasteiger partial charge < -0.3 is 10.6 Å². The largest absolute Gasteiger partial charge is 0.356 e. The summed E-state index contributed by atoms with van der Waals surface area (Å²) in [6.07, 6.45) is 1.11. The Balaban J connectivity index is 2.30. The van der Waals surface area contributed by atoms with Gasteiger partial charge in [0.25, 0.3) is 0 Å². The molecule has 1 aromatic rings. The van der Waals surface area contributed by atoms with E-state index in [0.29, 0.717) is 5.25 Å². The van der Waals surface area contributed by atoms with Crippen LogP contribution in [0.2, 0.25) is 0 Å². The van der Waals surface area contributed by atoms with E-state index in [-0.39, 0.29) is 0 Å². The van der Waals surface area contributed by atoms with Gasteiger partial charge in [0.1, 0.15) is 0 Å². The molecule has 0 saturated carbocycles. The van der Waals surface area contributed by atoms with Gasteiger partial charge in [-0.3, -0.25) is 4.99 Å². The molecule has 3 nitrogen and oxygen atoms in total. The van der Waals surface area contributed by atoms with Crippen LogP contribution in [0.4, 0.5) is 0 Å². The third-order valence-electron chi connectivity index (χ3n) is 2.40. The Morgan fingerprint density at radius 3 is 2.61 bits per heavy atom. The lowest BCUT2D eigenvalue weighted by Gasteiger charge is -2.15. The first-order valence-electron chi connectivity index (χ1n) is 6.42. The molecular weight excluding hydrogens is 242 g/mol. The minimum absolute atomic E-state index is 0.507. The highest BCUT2D eigenvalue weighted by Gasteiger charge is 2.05. The van der Waals surface area contributed by atoms with Crippen LogP contribution in [0.3, 0.4) is 0 Å². The van der Waals surface area contributed by atoms with Crippen molar-refractivity contribution in [2.24, 2.45) is 4.99 Å². The second-order valence-corrected chi connectivity index (χ2v) is 5.63. The normalized spacial score (nSPS) is 13.2. The summed E-state index contributed by atoms with van der Waals surface area (Å²) in [5.74, 6) is 0.886. The van der Waals surface area contributed by atoms with E-state index in [4.69, 9.17) is 0 Å². The lowest BCUT2D eigenvalue weighted by Crippen LogP contribution is -2.40. The van der Waals surface area contributed by atoms with Gasteiger partial charge in [-0.1, -0.05) is 32.0 Å². The first-order chi connectivity index (χ1) is 8.76. The molecule has 4 heteroatoms. The number of nitrogens with one attached hydrogen (secondary N) is 2. The van der Waals surface area contributed by atoms with Gasteiger partial charge in [0.05, 0.1) is 0 Å². The molecule has 100 valence electrons. The maximum atomic E-state index is 4.19. The number of hydrogen-bond acceptors (Lipinski definition) is 2. The van der Waals surface area contributed by atoms with Crippen molar-refractivity contribution in [2.45, 2.75) is 30.4 Å². The van der Waals surface area contributed by atoms with Gasteiger partial charge in [-0.15, -0.1) is 11.8 Å². The second kappa shape index (κ2) is 8.86. The van der Waals surface area contributed by atoms with E-state index in [1.54, 1.807) is 7.05 Å². The van der Waals surface area contributed by atoms with Gasteiger partial charge in [0.2, 0.25) is 0 Å². The van der Waals surface area contributed by atoms with Gasteiger partial charge in [-0.2, -0.15) is 0 Å². The van der Waals surface area contributed by atoms with Crippen LogP contribution < -0.4 is 10.6 Å². The fourth-order valence-corrected chi connectivity index (χ4v) is 2.42. The average molecular weight is 265 g/mol. The van der Waals surface area contributed by atoms with Crippen molar-refractivity contribution in [3.05, 3.63) is 30.3 Å². The molecule has 0 aromatic heterocycles. The van der Waals surface area contributed by atoms with Crippen molar-refractivity contribution in [3.63, 3.8) is 0 Å². The van der Waals surface area contributed by atoms with Crippen LogP contribution in [0, 0.1) is 0 Å². The van der Waals surface area contributed by atoms with Gasteiger partial charge in [-0.25, -0.2) is 0 Å². The van der Waals surface area contributed by atoms with Crippen molar-refractivity contribution in [1.29, 1.82) is 0 Å². The molecule has 0 fully saturated rings. The maximum absolute atomic E-state index is 4.19. The van der Waals surface area contributed by atoms with Crippen LogP contribution in [-0.4, -0.2) is 31.3 Å². The number of hydrogen-bond donors (Lipinski definition) is 2. The zero-order chi connectivity index (χ0) is 13.2. The number of benzene rings is 1. The van der Waals surface area contributed by atoms with Gasteiger partial charge in [0, 0.05) is 30.3 Å². The van der Waals surface area contributed by atoms with Gasteiger partial charge in [0.15, 0.2) is 5.96 Å². The quantitative estimate of drug-likeness (QED) is 0.472. The lowest BCUT2D eigenvalue weighted by molar-refractivity contribution is 0.771. The van der Waals surface area contributed by atoms with Crippen molar-refractivity contribution >= 4 is 17.7 Å². The van der Waals surface area contributed by atoms with Crippen LogP contribution in [0.1, 0.15) is 20.3 Å². The topological polar surface area (TPSA) is 36.4 Å². The molecule has 0 aliphatic rings. The van der Waals surface area contributed by atoms with E-state index in [1.807, 2.05) is 17.8 Å². The van der Waals surface area contributed by atoms with Crippen LogP contribution in [0.5, 0.6) is 0 Å². The second-order valence-electron chi connectivity index (χ2n) is 4.12. The van der Waals surface area contributed by atoms with E-state index in [2.05, 4.69) is 53.7 Å². The molecule has 0 amide bonds. The Labute approximate surface area is 114 Å². The molecule has 2 N–H and O–H groups in total. The molecular formula is C14H23N3S. The monoisotopic (exact) mass is 265 g/mol. The number of aliphatic imine (C=N–C) groups is 1. The highest BCUT2D eigenvalue weighted by molar-refractivity contribution is 8.00. The highest BCUT2D eigenvalue weighted by atomic mass is 32.2. The molecule has 0 aliphatic carbocycles. The number of nitrogens with zero attached hydrogens (tertiary/aromatic N) is 1. The summed E-state index contributed by atoms with van der Waals surface area (Å²) in [5.41, 5.74) is 0. The molecule has 0 saturated heterocycles. The Kier molecular flexibility index (Phi) is 7.34. The molecule has 1 unspecified atom stereocenters. The standard InChI is InChI=1S/C14H23N3S/c1-4-10-16-14(15-3)17-11-12(2)18-13-8-6-5-7-9-13/h5-9,12H,4,10-11H2,1-3H3,(H2,15,16,17). The lowest BCUT2D eigenvalue weighted by atomic mass is 10.4. The summed E-state index contributed by atoms with van der Waals surface area (Å²) in [6.45, 7) is 6.23. The molecule has 1 rings (SSSR count). The maximum Gasteiger partial charge on any atom is 0.191 e. The Morgan fingerprint density at radius 2 is 2.00 bits per heavy atom. The summed E-state index contributed by atoms with van der Waals surface area (Å²) in [6, 6.07) is 10.5. The molecule has 18 heavy (non-hydrogen) atoms. The van der Waals surface area contributed by atoms with E-state index in [0.717, 1.165) is 25.5 Å². The first kappa shape index (κ1) is 14.9. The van der Waals surface area contributed by atoms with Gasteiger partial charge >= 0.3 is 0 Å². The van der Waals surface area contributed by atoms with Gasteiger partial charge in [-0.05, 0) is 18.6 Å². The molecule has 0 spiro atoms. The third-order valence-corrected chi connectivity index (χ3v) is 3.52. The SMILES string of the molecule is CCCNC(=NC)NCC(C)Sc1ccccc1. The highest BCUT2D eigenvalue weighted by Crippen LogP contribution is 2.21. The fourth-order valence-electron chi connectivity index (χ4n) is 1.48. The predicted molar refractivity (Wildman–Crippen MR) is 81.4 cm³/mol. The van der Waals surface area contributed by atoms with E-state index in [9.17, 15) is 0 Å². The summed E-state index contributed by atoms with van der Waals surface area (Å²) in [7, 11) is 1.81. The molecule has 1 atom stereocenters. The van der Waals surface area contributed by atoms with Crippen molar-refractivity contribution in [1.82, 2.24) is 10.6 Å². The van der Waals surface area contributed by atoms with E-state index in [1.165, 1.54) is 4.90 Å². The molecule has 0 radical (unpaired) electrons. The summed E-state index contributed by atoms with van der Waals surface area (Å²) in [5, 5.41) is 7.12. The van der Waals surface area contributed by atoms with Crippen LogP contribution >= 0.6 is 11.8 Å². The smallest absolute Gasteiger partial charge is 0.191 e. The van der Waals surface area contributed by atoms with E-state index < -0.39 is 0 Å². The molecule has 0 aliphatic heterocycles. The predicted octanol–water partition coefficient (Wildman–Crippen LogP) is 2.74. The van der Waals surface area contributed by atoms with Crippen molar-refractivity contribution in [2.75, 3.05) is 20.1 Å². The third kappa shape index (κ3) is 5.96. The molecule has 0 heterocycles. The minimum atomic E-state index is 0.507. The average Bonchev–Trinajstić information content (AvgIpc) is 2.40. The Hall–Kier alpha value is -1.16. The van der Waals surface area contributed by atoms with Crippen molar-refractivity contribution in [3.8, 4) is 0 Å². The first-order valence-corrected chi connectivity index (χ1v) is 7.30. The summed E-state index contributed by atoms with van der Waals surface area (Å²) >= 11 is 1.87. The Morgan fingerprint density at radius 1 is 1.28 bits per heavy atom. The number of rotatable bonds is 6. The number of guanidine groups is 1. The zero-order valence-electron chi connectivity index (χ0n) is 11.4.